The van der Waals surface area contributed by atoms with Crippen LogP contribution in [0.15, 0.2) is 35.2 Å². The number of phenols is 1. The van der Waals surface area contributed by atoms with Gasteiger partial charge in [-0.05, 0) is 73.6 Å². The summed E-state index contributed by atoms with van der Waals surface area (Å²) in [4.78, 5) is 2.63. The predicted octanol–water partition coefficient (Wildman–Crippen LogP) is 3.00. The van der Waals surface area contributed by atoms with Gasteiger partial charge in [-0.3, -0.25) is 4.90 Å². The van der Waals surface area contributed by atoms with Crippen LogP contribution in [-0.2, 0) is 29.4 Å². The van der Waals surface area contributed by atoms with Crippen molar-refractivity contribution in [1.82, 2.24) is 9.21 Å². The van der Waals surface area contributed by atoms with Crippen LogP contribution in [0.2, 0.25) is 0 Å². The summed E-state index contributed by atoms with van der Waals surface area (Å²) in [6, 6.07) is 9.45. The molecule has 1 aliphatic carbocycles. The van der Waals surface area contributed by atoms with Crippen molar-refractivity contribution in [3.05, 3.63) is 58.1 Å². The summed E-state index contributed by atoms with van der Waals surface area (Å²) in [5, 5.41) is 10.2. The average Bonchev–Trinajstić information content (AvgIpc) is 3.14. The van der Waals surface area contributed by atoms with Gasteiger partial charge in [0.25, 0.3) is 0 Å². The minimum absolute atomic E-state index is 0.316. The summed E-state index contributed by atoms with van der Waals surface area (Å²) in [7, 11) is -3.44. The van der Waals surface area contributed by atoms with Crippen LogP contribution in [0.4, 0.5) is 0 Å². The molecule has 6 heteroatoms. The van der Waals surface area contributed by atoms with Crippen LogP contribution < -0.4 is 0 Å². The molecule has 0 amide bonds. The van der Waals surface area contributed by atoms with E-state index in [0.717, 1.165) is 36.0 Å². The molecule has 0 bridgehead atoms. The van der Waals surface area contributed by atoms with Crippen molar-refractivity contribution in [2.75, 3.05) is 26.2 Å². The SMILES string of the molecule is Cc1cc(O)c(CN2CCN(S(=O)(=O)c3ccc4c(c3)CCC4)CC2)cc1C. The number of hydrogen-bond donors (Lipinski definition) is 1. The molecule has 0 aromatic heterocycles. The highest BCUT2D eigenvalue weighted by Crippen LogP contribution is 2.28. The van der Waals surface area contributed by atoms with Gasteiger partial charge in [-0.15, -0.1) is 0 Å². The molecular weight excluding hydrogens is 372 g/mol. The van der Waals surface area contributed by atoms with Gasteiger partial charge in [0.1, 0.15) is 5.75 Å². The Morgan fingerprint density at radius 1 is 0.929 bits per heavy atom. The van der Waals surface area contributed by atoms with Crippen LogP contribution in [0.25, 0.3) is 0 Å². The van der Waals surface area contributed by atoms with E-state index < -0.39 is 10.0 Å². The number of aryl methyl sites for hydroxylation is 4. The summed E-state index contributed by atoms with van der Waals surface area (Å²) >= 11 is 0. The zero-order valence-electron chi connectivity index (χ0n) is 16.6. The van der Waals surface area contributed by atoms with Crippen LogP contribution in [0, 0.1) is 13.8 Å². The van der Waals surface area contributed by atoms with Crippen LogP contribution in [0.3, 0.4) is 0 Å². The van der Waals surface area contributed by atoms with Crippen molar-refractivity contribution in [2.45, 2.75) is 44.6 Å². The lowest BCUT2D eigenvalue weighted by atomic mass is 10.0. The number of nitrogens with zero attached hydrogens (tertiary/aromatic N) is 2. The second-order valence-electron chi connectivity index (χ2n) is 8.03. The van der Waals surface area contributed by atoms with Crippen molar-refractivity contribution in [1.29, 1.82) is 0 Å². The lowest BCUT2D eigenvalue weighted by molar-refractivity contribution is 0.180. The maximum atomic E-state index is 13.1. The zero-order chi connectivity index (χ0) is 19.9. The van der Waals surface area contributed by atoms with Gasteiger partial charge in [-0.2, -0.15) is 4.31 Å². The first-order valence-electron chi connectivity index (χ1n) is 9.98. The normalized spacial score (nSPS) is 18.4. The van der Waals surface area contributed by atoms with Crippen LogP contribution in [0.5, 0.6) is 5.75 Å². The van der Waals surface area contributed by atoms with E-state index in [1.54, 1.807) is 16.4 Å². The van der Waals surface area contributed by atoms with Gasteiger partial charge in [0.05, 0.1) is 4.90 Å². The van der Waals surface area contributed by atoms with Crippen molar-refractivity contribution < 1.29 is 13.5 Å². The first kappa shape index (κ1) is 19.4. The number of phenolic OH excluding ortho intramolecular Hbond substituents is 1. The lowest BCUT2D eigenvalue weighted by Crippen LogP contribution is -2.48. The van der Waals surface area contributed by atoms with Gasteiger partial charge >= 0.3 is 0 Å². The molecule has 0 spiro atoms. The summed E-state index contributed by atoms with van der Waals surface area (Å²) in [6.07, 6.45) is 3.15. The molecule has 0 unspecified atom stereocenters. The van der Waals surface area contributed by atoms with E-state index in [9.17, 15) is 13.5 Å². The Bertz CT molecular complexity index is 993. The number of benzene rings is 2. The molecule has 1 N–H and O–H groups in total. The molecule has 0 radical (unpaired) electrons. The summed E-state index contributed by atoms with van der Waals surface area (Å²) in [5.74, 6) is 0.316. The molecule has 0 atom stereocenters. The molecule has 1 fully saturated rings. The number of hydrogen-bond acceptors (Lipinski definition) is 4. The molecule has 5 nitrogen and oxygen atoms in total. The molecule has 1 saturated heterocycles. The fourth-order valence-electron chi connectivity index (χ4n) is 4.21. The fourth-order valence-corrected chi connectivity index (χ4v) is 5.69. The van der Waals surface area contributed by atoms with Crippen molar-refractivity contribution >= 4 is 10.0 Å². The van der Waals surface area contributed by atoms with E-state index in [2.05, 4.69) is 4.90 Å². The fraction of sp³-hybridized carbons (Fsp3) is 0.455. The molecule has 28 heavy (non-hydrogen) atoms. The lowest BCUT2D eigenvalue weighted by Gasteiger charge is -2.34. The van der Waals surface area contributed by atoms with E-state index in [-0.39, 0.29) is 0 Å². The molecule has 0 saturated carbocycles. The molecule has 1 aliphatic heterocycles. The Kier molecular flexibility index (Phi) is 5.21. The van der Waals surface area contributed by atoms with E-state index in [1.807, 2.05) is 32.0 Å². The first-order chi connectivity index (χ1) is 13.3. The quantitative estimate of drug-likeness (QED) is 0.857. The van der Waals surface area contributed by atoms with Crippen LogP contribution in [0.1, 0.15) is 34.2 Å². The van der Waals surface area contributed by atoms with Crippen molar-refractivity contribution in [3.63, 3.8) is 0 Å². The highest BCUT2D eigenvalue weighted by molar-refractivity contribution is 7.89. The smallest absolute Gasteiger partial charge is 0.243 e. The number of rotatable bonds is 4. The third kappa shape index (κ3) is 3.69. The standard InChI is InChI=1S/C22H28N2O3S/c1-16-12-20(22(25)13-17(16)2)15-23-8-10-24(11-9-23)28(26,27)21-7-6-18-4-3-5-19(18)14-21/h6-7,12-14,25H,3-5,8-11,15H2,1-2H3. The second kappa shape index (κ2) is 7.50. The largest absolute Gasteiger partial charge is 0.508 e. The summed E-state index contributed by atoms with van der Waals surface area (Å²) < 4.78 is 27.7. The predicted molar refractivity (Wildman–Crippen MR) is 110 cm³/mol. The third-order valence-electron chi connectivity index (χ3n) is 6.13. The first-order valence-corrected chi connectivity index (χ1v) is 11.4. The van der Waals surface area contributed by atoms with E-state index in [4.69, 9.17) is 0 Å². The second-order valence-corrected chi connectivity index (χ2v) is 9.97. The Hall–Kier alpha value is -1.89. The van der Waals surface area contributed by atoms with Gasteiger partial charge < -0.3 is 5.11 Å². The Balaban J connectivity index is 1.43. The molecule has 4 rings (SSSR count). The van der Waals surface area contributed by atoms with Crippen LogP contribution >= 0.6 is 0 Å². The zero-order valence-corrected chi connectivity index (χ0v) is 17.4. The molecule has 2 aliphatic rings. The molecule has 150 valence electrons. The van der Waals surface area contributed by atoms with Gasteiger partial charge in [0.2, 0.25) is 10.0 Å². The minimum Gasteiger partial charge on any atom is -0.508 e. The molecular formula is C22H28N2O3S. The highest BCUT2D eigenvalue weighted by atomic mass is 32.2. The number of fused-ring (bicyclic) bond motifs is 1. The van der Waals surface area contributed by atoms with E-state index in [0.29, 0.717) is 43.4 Å². The summed E-state index contributed by atoms with van der Waals surface area (Å²) in [5.41, 5.74) is 5.61. The van der Waals surface area contributed by atoms with Gasteiger partial charge in [0.15, 0.2) is 0 Å². The molecule has 2 aromatic carbocycles. The number of piperazine rings is 1. The highest BCUT2D eigenvalue weighted by Gasteiger charge is 2.29. The number of sulfonamides is 1. The monoisotopic (exact) mass is 400 g/mol. The van der Waals surface area contributed by atoms with E-state index in [1.165, 1.54) is 11.1 Å². The van der Waals surface area contributed by atoms with Gasteiger partial charge in [-0.25, -0.2) is 8.42 Å². The summed E-state index contributed by atoms with van der Waals surface area (Å²) in [6.45, 7) is 6.95. The maximum Gasteiger partial charge on any atom is 0.243 e. The van der Waals surface area contributed by atoms with Crippen molar-refractivity contribution in [2.24, 2.45) is 0 Å². The van der Waals surface area contributed by atoms with Gasteiger partial charge in [0, 0.05) is 38.3 Å². The minimum atomic E-state index is -3.44. The number of aromatic hydroxyl groups is 1. The van der Waals surface area contributed by atoms with Crippen LogP contribution in [-0.4, -0.2) is 48.9 Å². The third-order valence-corrected chi connectivity index (χ3v) is 8.02. The Labute approximate surface area is 167 Å². The maximum absolute atomic E-state index is 13.1. The average molecular weight is 401 g/mol. The topological polar surface area (TPSA) is 60.9 Å². The Morgan fingerprint density at radius 3 is 2.36 bits per heavy atom. The molecule has 1 heterocycles. The molecule has 2 aromatic rings. The van der Waals surface area contributed by atoms with E-state index >= 15 is 0 Å². The van der Waals surface area contributed by atoms with Gasteiger partial charge in [-0.1, -0.05) is 12.1 Å². The Morgan fingerprint density at radius 2 is 1.61 bits per heavy atom. The van der Waals surface area contributed by atoms with Crippen molar-refractivity contribution in [3.8, 4) is 5.75 Å².